The molecule has 3 aliphatic rings. The number of carbonyl (C=O) groups is 2. The number of benzene rings is 1. The summed E-state index contributed by atoms with van der Waals surface area (Å²) < 4.78 is 86.2. The van der Waals surface area contributed by atoms with Crippen molar-refractivity contribution >= 4 is 11.9 Å². The highest BCUT2D eigenvalue weighted by Gasteiger charge is 2.66. The van der Waals surface area contributed by atoms with E-state index >= 15 is 0 Å². The number of nitrogens with one attached hydrogen (secondary N) is 2. The molecule has 8 atom stereocenters. The maximum absolute atomic E-state index is 14.5. The number of carbonyl (C=O) groups excluding carboxylic acids is 2. The third-order valence-corrected chi connectivity index (χ3v) is 7.89. The molecule has 2 bridgehead atoms. The van der Waals surface area contributed by atoms with Gasteiger partial charge in [-0.25, -0.2) is 4.39 Å². The zero-order valence-corrected chi connectivity index (χ0v) is 20.2. The van der Waals surface area contributed by atoms with Gasteiger partial charge in [-0.2, -0.15) is 17.6 Å². The van der Waals surface area contributed by atoms with E-state index in [-0.39, 0.29) is 24.1 Å². The molecule has 12 heteroatoms. The highest BCUT2D eigenvalue weighted by atomic mass is 19.4. The van der Waals surface area contributed by atoms with Crippen LogP contribution in [0.3, 0.4) is 0 Å². The Morgan fingerprint density at radius 3 is 2.53 bits per heavy atom. The van der Waals surface area contributed by atoms with E-state index in [1.807, 2.05) is 0 Å². The first-order valence-electron chi connectivity index (χ1n) is 11.8. The lowest BCUT2D eigenvalue weighted by molar-refractivity contribution is -0.272. The van der Waals surface area contributed by atoms with Gasteiger partial charge in [0.05, 0.1) is 13.7 Å². The monoisotopic (exact) mass is 520 g/mol. The van der Waals surface area contributed by atoms with E-state index in [1.165, 1.54) is 6.92 Å². The molecule has 1 aromatic rings. The minimum atomic E-state index is -4.85. The minimum Gasteiger partial charge on any atom is -0.493 e. The largest absolute Gasteiger partial charge is 0.493 e. The van der Waals surface area contributed by atoms with Gasteiger partial charge in [0.1, 0.15) is 12.1 Å². The molecule has 2 heterocycles. The van der Waals surface area contributed by atoms with Gasteiger partial charge in [-0.15, -0.1) is 0 Å². The second kappa shape index (κ2) is 9.44. The molecule has 2 aliphatic heterocycles. The third-order valence-electron chi connectivity index (χ3n) is 7.89. The average Bonchev–Trinajstić information content (AvgIpc) is 3.48. The van der Waals surface area contributed by atoms with E-state index in [0.717, 1.165) is 26.2 Å². The van der Waals surface area contributed by atoms with Crippen LogP contribution in [0, 0.1) is 23.5 Å². The first kappa shape index (κ1) is 26.6. The van der Waals surface area contributed by atoms with Crippen molar-refractivity contribution in [2.45, 2.75) is 75.5 Å². The Kier molecular flexibility index (Phi) is 6.97. The van der Waals surface area contributed by atoms with Crippen LogP contribution in [-0.2, 0) is 19.1 Å². The highest BCUT2D eigenvalue weighted by molar-refractivity contribution is 5.84. The van der Waals surface area contributed by atoms with Crippen LogP contribution in [0.1, 0.15) is 45.1 Å². The smallest absolute Gasteiger partial charge is 0.417 e. The molecule has 1 amide bonds. The first-order valence-corrected chi connectivity index (χ1v) is 11.8. The number of ether oxygens (including phenoxy) is 3. The van der Waals surface area contributed by atoms with E-state index in [1.54, 1.807) is 6.92 Å². The fourth-order valence-corrected chi connectivity index (χ4v) is 5.90. The zero-order valence-electron chi connectivity index (χ0n) is 20.2. The van der Waals surface area contributed by atoms with Crippen LogP contribution >= 0.6 is 0 Å². The van der Waals surface area contributed by atoms with Crippen molar-refractivity contribution in [1.29, 1.82) is 0 Å². The topological polar surface area (TPSA) is 85.9 Å². The maximum Gasteiger partial charge on any atom is 0.417 e. The Hall–Kier alpha value is -2.47. The molecule has 200 valence electrons. The summed E-state index contributed by atoms with van der Waals surface area (Å²) in [5.74, 6) is -7.40. The molecule has 36 heavy (non-hydrogen) atoms. The molecule has 1 saturated carbocycles. The normalized spacial score (nSPS) is 35.6. The molecular formula is C24H29F5N2O5. The van der Waals surface area contributed by atoms with Crippen molar-refractivity contribution < 1.29 is 45.8 Å². The van der Waals surface area contributed by atoms with Crippen molar-refractivity contribution in [3.63, 3.8) is 0 Å². The molecule has 0 aromatic heterocycles. The Morgan fingerprint density at radius 2 is 1.94 bits per heavy atom. The summed E-state index contributed by atoms with van der Waals surface area (Å²) in [6, 6.07) is 0.703. The lowest BCUT2D eigenvalue weighted by Gasteiger charge is -2.32. The zero-order chi connectivity index (χ0) is 26.6. The molecule has 2 saturated heterocycles. The quantitative estimate of drug-likeness (QED) is 0.443. The van der Waals surface area contributed by atoms with Gasteiger partial charge in [0, 0.05) is 35.4 Å². The summed E-state index contributed by atoms with van der Waals surface area (Å²) in [4.78, 5) is 25.7. The molecule has 3 fully saturated rings. The van der Waals surface area contributed by atoms with Crippen molar-refractivity contribution in [2.75, 3.05) is 13.7 Å². The van der Waals surface area contributed by atoms with Crippen LogP contribution in [0.25, 0.3) is 0 Å². The van der Waals surface area contributed by atoms with Crippen LogP contribution in [0.2, 0.25) is 0 Å². The second-order valence-corrected chi connectivity index (χ2v) is 9.79. The highest BCUT2D eigenvalue weighted by Crippen LogP contribution is 2.55. The summed E-state index contributed by atoms with van der Waals surface area (Å²) >= 11 is 0. The molecule has 0 radical (unpaired) electrons. The molecule has 4 rings (SSSR count). The summed E-state index contributed by atoms with van der Waals surface area (Å²) in [6.45, 7) is 3.95. The Labute approximate surface area is 205 Å². The number of hydrogen-bond donors (Lipinski definition) is 2. The Bertz CT molecular complexity index is 1040. The Morgan fingerprint density at radius 1 is 1.25 bits per heavy atom. The van der Waals surface area contributed by atoms with Gasteiger partial charge in [0.2, 0.25) is 11.7 Å². The van der Waals surface area contributed by atoms with Crippen LogP contribution in [-0.4, -0.2) is 61.6 Å². The lowest BCUT2D eigenvalue weighted by atomic mass is 9.76. The lowest BCUT2D eigenvalue weighted by Crippen LogP contribution is -2.55. The van der Waals surface area contributed by atoms with Crippen LogP contribution in [0.15, 0.2) is 12.1 Å². The van der Waals surface area contributed by atoms with Crippen molar-refractivity contribution in [1.82, 2.24) is 10.6 Å². The van der Waals surface area contributed by atoms with Gasteiger partial charge in [0.25, 0.3) is 0 Å². The van der Waals surface area contributed by atoms with Gasteiger partial charge in [-0.05, 0) is 32.8 Å². The SMILES string of the molecule is CCOC(=O)C1N[C@H]2CC(NC(=O)[C@@H]3O[C@@](C)(C(F)(F)F)[C@@H](C)[C@H]3c3ccc(F)c(F)c3OC)[C@@H]1C2. The summed E-state index contributed by atoms with van der Waals surface area (Å²) in [5, 5.41) is 5.91. The number of esters is 1. The summed E-state index contributed by atoms with van der Waals surface area (Å²) in [6.07, 6.45) is -5.45. The minimum absolute atomic E-state index is 0.0550. The first-order chi connectivity index (χ1) is 16.8. The number of rotatable bonds is 6. The van der Waals surface area contributed by atoms with Crippen LogP contribution in [0.5, 0.6) is 5.75 Å². The number of fused-ring (bicyclic) bond motifs is 2. The number of amides is 1. The van der Waals surface area contributed by atoms with E-state index in [9.17, 15) is 31.5 Å². The van der Waals surface area contributed by atoms with E-state index in [4.69, 9.17) is 14.2 Å². The van der Waals surface area contributed by atoms with Gasteiger partial charge in [0.15, 0.2) is 17.2 Å². The fraction of sp³-hybridized carbons (Fsp3) is 0.667. The standard InChI is InChI=1S/C24H29F5N2O5/c1-5-35-22(33)18-13-8-11(30-18)9-15(13)31-21(32)20-16(10(2)23(3,36-20)24(27,28)29)12-6-7-14(25)17(26)19(12)34-4/h6-7,10-11,13,15-16,18,20,30H,5,8-9H2,1-4H3,(H,31,32)/t10-,11+,13-,15?,16-,18?,20+,23+/m0/s1. The number of methoxy groups -OCH3 is 1. The van der Waals surface area contributed by atoms with Gasteiger partial charge < -0.3 is 24.8 Å². The number of alkyl halides is 3. The maximum atomic E-state index is 14.5. The molecule has 1 aromatic carbocycles. The van der Waals surface area contributed by atoms with Gasteiger partial charge in [-0.1, -0.05) is 13.0 Å². The van der Waals surface area contributed by atoms with Crippen molar-refractivity contribution in [3.8, 4) is 5.75 Å². The van der Waals surface area contributed by atoms with Crippen molar-refractivity contribution in [2.24, 2.45) is 11.8 Å². The predicted molar refractivity (Wildman–Crippen MR) is 116 cm³/mol. The van der Waals surface area contributed by atoms with E-state index in [2.05, 4.69) is 10.6 Å². The fourth-order valence-electron chi connectivity index (χ4n) is 5.90. The molecule has 0 spiro atoms. The van der Waals surface area contributed by atoms with Crippen molar-refractivity contribution in [3.05, 3.63) is 29.3 Å². The van der Waals surface area contributed by atoms with Gasteiger partial charge in [-0.3, -0.25) is 9.59 Å². The number of halogens is 5. The van der Waals surface area contributed by atoms with E-state index in [0.29, 0.717) is 12.8 Å². The summed E-state index contributed by atoms with van der Waals surface area (Å²) in [5.41, 5.74) is -2.84. The molecular weight excluding hydrogens is 491 g/mol. The average molecular weight is 520 g/mol. The third kappa shape index (κ3) is 4.21. The predicted octanol–water partition coefficient (Wildman–Crippen LogP) is 3.21. The van der Waals surface area contributed by atoms with Gasteiger partial charge >= 0.3 is 12.1 Å². The molecule has 2 unspecified atom stereocenters. The van der Waals surface area contributed by atoms with E-state index < -0.39 is 71.1 Å². The number of hydrogen-bond acceptors (Lipinski definition) is 6. The molecule has 7 nitrogen and oxygen atoms in total. The molecule has 2 N–H and O–H groups in total. The van der Waals surface area contributed by atoms with Crippen LogP contribution in [0.4, 0.5) is 22.0 Å². The second-order valence-electron chi connectivity index (χ2n) is 9.79. The molecule has 1 aliphatic carbocycles. The van der Waals surface area contributed by atoms with Crippen LogP contribution < -0.4 is 15.4 Å². The summed E-state index contributed by atoms with van der Waals surface area (Å²) in [7, 11) is 1.07. The number of piperidine rings is 1. The Balaban J connectivity index is 1.65.